The summed E-state index contributed by atoms with van der Waals surface area (Å²) >= 11 is 5.53. The van der Waals surface area contributed by atoms with Crippen molar-refractivity contribution in [3.8, 4) is 0 Å². The van der Waals surface area contributed by atoms with Gasteiger partial charge in [-0.2, -0.15) is 0 Å². The predicted octanol–water partition coefficient (Wildman–Crippen LogP) is 2.26. The van der Waals surface area contributed by atoms with Crippen molar-refractivity contribution in [2.24, 2.45) is 0 Å². The van der Waals surface area contributed by atoms with Crippen molar-refractivity contribution in [2.45, 2.75) is 0 Å². The lowest BCUT2D eigenvalue weighted by molar-refractivity contribution is 0.542. The number of hydrogen-bond acceptors (Lipinski definition) is 1. The van der Waals surface area contributed by atoms with E-state index in [-0.39, 0.29) is 0 Å². The topological polar surface area (TPSA) is 12.9 Å². The molecule has 53 valence electrons. The van der Waals surface area contributed by atoms with Crippen LogP contribution in [0, 0.1) is 6.42 Å². The average Bonchev–Trinajstić information content (AvgIpc) is 1.88. The zero-order valence-electron chi connectivity index (χ0n) is 5.22. The molecule has 0 saturated carbocycles. The van der Waals surface area contributed by atoms with Gasteiger partial charge in [-0.05, 0) is 12.1 Å². The molecule has 0 aromatic carbocycles. The van der Waals surface area contributed by atoms with Crippen molar-refractivity contribution < 1.29 is 4.39 Å². The van der Waals surface area contributed by atoms with Gasteiger partial charge in [-0.15, -0.1) is 0 Å². The van der Waals surface area contributed by atoms with Crippen LogP contribution in [-0.2, 0) is 0 Å². The van der Waals surface area contributed by atoms with Crippen LogP contribution >= 0.6 is 11.6 Å². The highest BCUT2D eigenvalue weighted by Gasteiger charge is 1.93. The first-order chi connectivity index (χ1) is 4.83. The van der Waals surface area contributed by atoms with E-state index in [1.807, 2.05) is 0 Å². The Kier molecular flexibility index (Phi) is 2.63. The molecule has 1 radical (unpaired) electrons. The van der Waals surface area contributed by atoms with Gasteiger partial charge in [-0.3, -0.25) is 4.39 Å². The van der Waals surface area contributed by atoms with Crippen LogP contribution in [0.4, 0.5) is 4.39 Å². The lowest BCUT2D eigenvalue weighted by Crippen LogP contribution is -1.87. The lowest BCUT2D eigenvalue weighted by atomic mass is 10.3. The summed E-state index contributed by atoms with van der Waals surface area (Å²) in [5.41, 5.74) is 0.579. The van der Waals surface area contributed by atoms with Gasteiger partial charge in [-0.1, -0.05) is 17.7 Å². The van der Waals surface area contributed by atoms with Crippen LogP contribution < -0.4 is 0 Å². The Hall–Kier alpha value is -0.630. The van der Waals surface area contributed by atoms with Crippen molar-refractivity contribution in [3.63, 3.8) is 0 Å². The highest BCUT2D eigenvalue weighted by Crippen LogP contribution is 2.06. The van der Waals surface area contributed by atoms with E-state index in [4.69, 9.17) is 11.6 Å². The van der Waals surface area contributed by atoms with Crippen LogP contribution in [0.5, 0.6) is 0 Å². The maximum Gasteiger partial charge on any atom is 0.129 e. The Morgan fingerprint density at radius 1 is 1.60 bits per heavy atom. The SMILES string of the molecule is FC[CH]c1cccc(Cl)n1. The van der Waals surface area contributed by atoms with Crippen molar-refractivity contribution >= 4 is 11.6 Å². The molecule has 0 aliphatic rings. The van der Waals surface area contributed by atoms with E-state index in [1.54, 1.807) is 18.2 Å². The van der Waals surface area contributed by atoms with Crippen LogP contribution in [0.1, 0.15) is 5.69 Å². The maximum absolute atomic E-state index is 11.7. The average molecular weight is 159 g/mol. The van der Waals surface area contributed by atoms with Crippen LogP contribution in [-0.4, -0.2) is 11.7 Å². The number of halogens is 2. The largest absolute Gasteiger partial charge is 0.250 e. The Bertz CT molecular complexity index is 215. The number of rotatable bonds is 2. The number of hydrogen-bond donors (Lipinski definition) is 0. The molecule has 0 atom stereocenters. The highest BCUT2D eigenvalue weighted by molar-refractivity contribution is 6.29. The summed E-state index contributed by atoms with van der Waals surface area (Å²) in [5, 5.41) is 0.391. The smallest absolute Gasteiger partial charge is 0.129 e. The minimum absolute atomic E-state index is 0.391. The van der Waals surface area contributed by atoms with Crippen LogP contribution in [0.15, 0.2) is 18.2 Å². The third-order valence-corrected chi connectivity index (χ3v) is 1.23. The van der Waals surface area contributed by atoms with E-state index in [0.717, 1.165) is 0 Å². The van der Waals surface area contributed by atoms with E-state index in [9.17, 15) is 4.39 Å². The molecule has 0 aliphatic heterocycles. The van der Waals surface area contributed by atoms with Crippen molar-refractivity contribution in [1.82, 2.24) is 4.98 Å². The number of alkyl halides is 1. The van der Waals surface area contributed by atoms with Gasteiger partial charge in [0.2, 0.25) is 0 Å². The molecule has 0 saturated heterocycles. The summed E-state index contributed by atoms with van der Waals surface area (Å²) in [6, 6.07) is 5.08. The van der Waals surface area contributed by atoms with Gasteiger partial charge in [0, 0.05) is 12.1 Å². The van der Waals surface area contributed by atoms with E-state index in [2.05, 4.69) is 4.98 Å². The van der Waals surface area contributed by atoms with Crippen molar-refractivity contribution in [1.29, 1.82) is 0 Å². The van der Waals surface area contributed by atoms with Gasteiger partial charge in [0.25, 0.3) is 0 Å². The van der Waals surface area contributed by atoms with E-state index < -0.39 is 6.67 Å². The standard InChI is InChI=1S/C7H6ClFN/c8-7-3-1-2-6(10-7)4-5-9/h1-4H,5H2. The minimum Gasteiger partial charge on any atom is -0.250 e. The summed E-state index contributed by atoms with van der Waals surface area (Å²) in [6.45, 7) is -0.507. The molecule has 0 spiro atoms. The molecule has 3 heteroatoms. The molecule has 0 N–H and O–H groups in total. The maximum atomic E-state index is 11.7. The molecule has 1 heterocycles. The van der Waals surface area contributed by atoms with Gasteiger partial charge in [-0.25, -0.2) is 4.98 Å². The third-order valence-electron chi connectivity index (χ3n) is 1.02. The Morgan fingerprint density at radius 2 is 2.40 bits per heavy atom. The normalized spacial score (nSPS) is 9.80. The predicted molar refractivity (Wildman–Crippen MR) is 38.6 cm³/mol. The molecule has 0 amide bonds. The molecule has 10 heavy (non-hydrogen) atoms. The second kappa shape index (κ2) is 3.52. The van der Waals surface area contributed by atoms with E-state index in [0.29, 0.717) is 10.8 Å². The Morgan fingerprint density at radius 3 is 3.00 bits per heavy atom. The monoisotopic (exact) mass is 158 g/mol. The molecule has 0 fully saturated rings. The molecule has 1 aromatic heterocycles. The molecular weight excluding hydrogens is 153 g/mol. The van der Waals surface area contributed by atoms with E-state index in [1.165, 1.54) is 6.42 Å². The number of nitrogens with zero attached hydrogens (tertiary/aromatic N) is 1. The van der Waals surface area contributed by atoms with Gasteiger partial charge in [0.15, 0.2) is 0 Å². The molecule has 0 unspecified atom stereocenters. The van der Waals surface area contributed by atoms with Crippen LogP contribution in [0.3, 0.4) is 0 Å². The van der Waals surface area contributed by atoms with Gasteiger partial charge >= 0.3 is 0 Å². The second-order valence-electron chi connectivity index (χ2n) is 1.74. The molecule has 1 nitrogen and oxygen atoms in total. The summed E-state index contributed by atoms with van der Waals surface area (Å²) in [6.07, 6.45) is 1.37. The lowest BCUT2D eigenvalue weighted by Gasteiger charge is -1.94. The van der Waals surface area contributed by atoms with Crippen molar-refractivity contribution in [2.75, 3.05) is 6.67 Å². The summed E-state index contributed by atoms with van der Waals surface area (Å²) in [4.78, 5) is 3.83. The second-order valence-corrected chi connectivity index (χ2v) is 2.13. The number of pyridine rings is 1. The highest BCUT2D eigenvalue weighted by atomic mass is 35.5. The van der Waals surface area contributed by atoms with Gasteiger partial charge < -0.3 is 0 Å². The van der Waals surface area contributed by atoms with Crippen LogP contribution in [0.25, 0.3) is 0 Å². The molecular formula is C7H6ClFN. The molecule has 0 aliphatic carbocycles. The zero-order chi connectivity index (χ0) is 7.40. The zero-order valence-corrected chi connectivity index (χ0v) is 5.98. The summed E-state index contributed by atoms with van der Waals surface area (Å²) in [5.74, 6) is 0. The fourth-order valence-electron chi connectivity index (χ4n) is 0.617. The Labute approximate surface area is 63.8 Å². The summed E-state index contributed by atoms with van der Waals surface area (Å²) in [7, 11) is 0. The fraction of sp³-hybridized carbons (Fsp3) is 0.143. The minimum atomic E-state index is -0.507. The first-order valence-corrected chi connectivity index (χ1v) is 3.22. The first-order valence-electron chi connectivity index (χ1n) is 2.84. The van der Waals surface area contributed by atoms with Gasteiger partial charge in [0.05, 0.1) is 6.67 Å². The quantitative estimate of drug-likeness (QED) is 0.602. The Balaban J connectivity index is 2.75. The molecule has 1 aromatic rings. The molecule has 0 bridgehead atoms. The fourth-order valence-corrected chi connectivity index (χ4v) is 0.787. The summed E-state index contributed by atoms with van der Waals surface area (Å²) < 4.78 is 11.7. The van der Waals surface area contributed by atoms with Gasteiger partial charge in [0.1, 0.15) is 5.15 Å². The van der Waals surface area contributed by atoms with Crippen molar-refractivity contribution in [3.05, 3.63) is 35.5 Å². The first kappa shape index (κ1) is 7.48. The molecule has 1 rings (SSSR count). The van der Waals surface area contributed by atoms with Crippen LogP contribution in [0.2, 0.25) is 5.15 Å². The van der Waals surface area contributed by atoms with E-state index >= 15 is 0 Å². The number of aromatic nitrogens is 1. The third kappa shape index (κ3) is 1.95.